The van der Waals surface area contributed by atoms with Crippen LogP contribution in [-0.2, 0) is 0 Å². The van der Waals surface area contributed by atoms with Crippen LogP contribution in [0.3, 0.4) is 0 Å². The third-order valence-electron chi connectivity index (χ3n) is 3.15. The van der Waals surface area contributed by atoms with Gasteiger partial charge in [0.25, 0.3) is 0 Å². The Kier molecular flexibility index (Phi) is 5.95. The van der Waals surface area contributed by atoms with E-state index in [0.717, 1.165) is 24.3 Å². The summed E-state index contributed by atoms with van der Waals surface area (Å²) in [4.78, 5) is 0. The highest BCUT2D eigenvalue weighted by atomic mass is 16.5. The number of likely N-dealkylation sites (N-methyl/N-ethyl adjacent to an activating group) is 1. The van der Waals surface area contributed by atoms with Gasteiger partial charge < -0.3 is 19.9 Å². The number of benzene rings is 1. The molecule has 0 aliphatic heterocycles. The lowest BCUT2D eigenvalue weighted by atomic mass is 9.97. The molecular weight excluding hydrogens is 230 g/mol. The number of aliphatic hydroxyl groups excluding tert-OH is 1. The van der Waals surface area contributed by atoms with Gasteiger partial charge in [0.05, 0.1) is 20.3 Å². The molecule has 0 heterocycles. The van der Waals surface area contributed by atoms with Crippen LogP contribution in [0.4, 0.5) is 0 Å². The van der Waals surface area contributed by atoms with Gasteiger partial charge in [-0.15, -0.1) is 0 Å². The van der Waals surface area contributed by atoms with Crippen LogP contribution in [0.15, 0.2) is 24.3 Å². The minimum atomic E-state index is -0.232. The summed E-state index contributed by atoms with van der Waals surface area (Å²) in [7, 11) is 3.49. The summed E-state index contributed by atoms with van der Waals surface area (Å²) in [5, 5.41) is 12.4. The van der Waals surface area contributed by atoms with Gasteiger partial charge >= 0.3 is 0 Å². The van der Waals surface area contributed by atoms with E-state index in [2.05, 4.69) is 5.32 Å². The number of nitrogens with one attached hydrogen (secondary N) is 1. The Bertz CT molecular complexity index is 351. The summed E-state index contributed by atoms with van der Waals surface area (Å²) < 4.78 is 10.9. The Morgan fingerprint density at radius 3 is 2.50 bits per heavy atom. The van der Waals surface area contributed by atoms with Gasteiger partial charge in [-0.05, 0) is 38.9 Å². The molecule has 0 fully saturated rings. The number of aliphatic hydroxyl groups is 1. The van der Waals surface area contributed by atoms with Crippen molar-refractivity contribution in [2.75, 3.05) is 27.4 Å². The van der Waals surface area contributed by atoms with Crippen LogP contribution in [-0.4, -0.2) is 38.0 Å². The molecule has 0 amide bonds. The summed E-state index contributed by atoms with van der Waals surface area (Å²) in [6.45, 7) is 2.73. The Hall–Kier alpha value is -1.26. The van der Waals surface area contributed by atoms with Crippen LogP contribution in [0.25, 0.3) is 0 Å². The largest absolute Gasteiger partial charge is 0.493 e. The van der Waals surface area contributed by atoms with Gasteiger partial charge in [0.15, 0.2) is 11.5 Å². The molecule has 0 saturated carbocycles. The van der Waals surface area contributed by atoms with Crippen molar-refractivity contribution in [3.8, 4) is 11.5 Å². The molecule has 4 heteroatoms. The van der Waals surface area contributed by atoms with Gasteiger partial charge in [0, 0.05) is 5.54 Å². The molecule has 0 aliphatic rings. The van der Waals surface area contributed by atoms with E-state index in [1.54, 1.807) is 7.11 Å². The van der Waals surface area contributed by atoms with Crippen molar-refractivity contribution < 1.29 is 14.6 Å². The maximum Gasteiger partial charge on any atom is 0.161 e. The molecule has 1 unspecified atom stereocenters. The summed E-state index contributed by atoms with van der Waals surface area (Å²) in [5.41, 5.74) is -0.232. The first kappa shape index (κ1) is 14.8. The normalized spacial score (nSPS) is 14.0. The Morgan fingerprint density at radius 1 is 1.28 bits per heavy atom. The van der Waals surface area contributed by atoms with Gasteiger partial charge in [-0.25, -0.2) is 0 Å². The van der Waals surface area contributed by atoms with Crippen LogP contribution in [0.1, 0.15) is 19.8 Å². The number of ether oxygens (including phenoxy) is 2. The van der Waals surface area contributed by atoms with Crippen molar-refractivity contribution in [3.63, 3.8) is 0 Å². The lowest BCUT2D eigenvalue weighted by Gasteiger charge is -2.26. The van der Waals surface area contributed by atoms with Crippen LogP contribution in [0.2, 0.25) is 0 Å². The second-order valence-corrected chi connectivity index (χ2v) is 4.57. The van der Waals surface area contributed by atoms with Crippen molar-refractivity contribution in [3.05, 3.63) is 24.3 Å². The molecule has 0 spiro atoms. The van der Waals surface area contributed by atoms with Gasteiger partial charge in [-0.1, -0.05) is 12.1 Å². The molecule has 0 aromatic heterocycles. The first-order valence-corrected chi connectivity index (χ1v) is 6.21. The van der Waals surface area contributed by atoms with Crippen molar-refractivity contribution in [1.29, 1.82) is 0 Å². The highest BCUT2D eigenvalue weighted by Crippen LogP contribution is 2.26. The van der Waals surface area contributed by atoms with E-state index in [-0.39, 0.29) is 12.1 Å². The quantitative estimate of drug-likeness (QED) is 0.694. The molecule has 0 radical (unpaired) electrons. The minimum Gasteiger partial charge on any atom is -0.493 e. The summed E-state index contributed by atoms with van der Waals surface area (Å²) in [6, 6.07) is 7.60. The fourth-order valence-corrected chi connectivity index (χ4v) is 1.67. The standard InChI is InChI=1S/C14H23NO3/c1-14(11-16,15-2)9-6-10-18-13-8-5-4-7-12(13)17-3/h4-5,7-8,15-16H,6,9-11H2,1-3H3. The summed E-state index contributed by atoms with van der Waals surface area (Å²) in [5.74, 6) is 1.51. The molecular formula is C14H23NO3. The fraction of sp³-hybridized carbons (Fsp3) is 0.571. The third kappa shape index (κ3) is 4.20. The van der Waals surface area contributed by atoms with Gasteiger partial charge in [0.1, 0.15) is 0 Å². The number of methoxy groups -OCH3 is 1. The molecule has 2 N–H and O–H groups in total. The van der Waals surface area contributed by atoms with E-state index in [9.17, 15) is 5.11 Å². The topological polar surface area (TPSA) is 50.7 Å². The first-order valence-electron chi connectivity index (χ1n) is 6.21. The molecule has 18 heavy (non-hydrogen) atoms. The van der Waals surface area contributed by atoms with E-state index < -0.39 is 0 Å². The molecule has 4 nitrogen and oxygen atoms in total. The van der Waals surface area contributed by atoms with E-state index >= 15 is 0 Å². The van der Waals surface area contributed by atoms with Crippen LogP contribution in [0.5, 0.6) is 11.5 Å². The van der Waals surface area contributed by atoms with Gasteiger partial charge in [-0.2, -0.15) is 0 Å². The maximum atomic E-state index is 9.26. The van der Waals surface area contributed by atoms with Gasteiger partial charge in [0.2, 0.25) is 0 Å². The van der Waals surface area contributed by atoms with E-state index in [1.165, 1.54) is 0 Å². The zero-order valence-electron chi connectivity index (χ0n) is 11.4. The highest BCUT2D eigenvalue weighted by molar-refractivity contribution is 5.39. The van der Waals surface area contributed by atoms with Crippen LogP contribution < -0.4 is 14.8 Å². The SMILES string of the molecule is CNC(C)(CO)CCCOc1ccccc1OC. The predicted molar refractivity (Wildman–Crippen MR) is 72.3 cm³/mol. The molecule has 1 aromatic carbocycles. The monoisotopic (exact) mass is 253 g/mol. The lowest BCUT2D eigenvalue weighted by molar-refractivity contribution is 0.163. The molecule has 0 aliphatic carbocycles. The molecule has 1 atom stereocenters. The van der Waals surface area contributed by atoms with E-state index in [4.69, 9.17) is 9.47 Å². The second-order valence-electron chi connectivity index (χ2n) is 4.57. The number of hydrogen-bond acceptors (Lipinski definition) is 4. The highest BCUT2D eigenvalue weighted by Gasteiger charge is 2.19. The number of hydrogen-bond donors (Lipinski definition) is 2. The third-order valence-corrected chi connectivity index (χ3v) is 3.15. The molecule has 1 rings (SSSR count). The van der Waals surface area contributed by atoms with Crippen molar-refractivity contribution in [1.82, 2.24) is 5.32 Å². The molecule has 0 bridgehead atoms. The smallest absolute Gasteiger partial charge is 0.161 e. The van der Waals surface area contributed by atoms with Crippen molar-refractivity contribution >= 4 is 0 Å². The molecule has 0 saturated heterocycles. The average molecular weight is 253 g/mol. The van der Waals surface area contributed by atoms with E-state index in [1.807, 2.05) is 38.2 Å². The Balaban J connectivity index is 2.38. The van der Waals surface area contributed by atoms with Crippen LogP contribution >= 0.6 is 0 Å². The zero-order chi connectivity index (χ0) is 13.4. The lowest BCUT2D eigenvalue weighted by Crippen LogP contribution is -2.43. The van der Waals surface area contributed by atoms with Crippen molar-refractivity contribution in [2.45, 2.75) is 25.3 Å². The summed E-state index contributed by atoms with van der Waals surface area (Å²) >= 11 is 0. The van der Waals surface area contributed by atoms with Crippen LogP contribution in [0, 0.1) is 0 Å². The van der Waals surface area contributed by atoms with Crippen molar-refractivity contribution in [2.24, 2.45) is 0 Å². The number of rotatable bonds is 8. The maximum absolute atomic E-state index is 9.26. The first-order chi connectivity index (χ1) is 8.65. The Morgan fingerprint density at radius 2 is 1.94 bits per heavy atom. The molecule has 102 valence electrons. The average Bonchev–Trinajstić information content (AvgIpc) is 2.43. The van der Waals surface area contributed by atoms with E-state index in [0.29, 0.717) is 6.61 Å². The zero-order valence-corrected chi connectivity index (χ0v) is 11.4. The fourth-order valence-electron chi connectivity index (χ4n) is 1.67. The second kappa shape index (κ2) is 7.24. The minimum absolute atomic E-state index is 0.123. The number of para-hydroxylation sites is 2. The predicted octanol–water partition coefficient (Wildman–Crippen LogP) is 1.82. The molecule has 1 aromatic rings. The summed E-state index contributed by atoms with van der Waals surface area (Å²) in [6.07, 6.45) is 1.73. The Labute approximate surface area is 109 Å². The van der Waals surface area contributed by atoms with Gasteiger partial charge in [-0.3, -0.25) is 0 Å².